The van der Waals surface area contributed by atoms with Gasteiger partial charge in [0.15, 0.2) is 0 Å². The fourth-order valence-corrected chi connectivity index (χ4v) is 6.72. The van der Waals surface area contributed by atoms with Crippen LogP contribution >= 0.6 is 11.6 Å². The fraction of sp³-hybridized carbons (Fsp3) is 0.417. The van der Waals surface area contributed by atoms with E-state index in [1.54, 1.807) is 0 Å². The van der Waals surface area contributed by atoms with E-state index in [0.29, 0.717) is 5.02 Å². The number of nitrogens with one attached hydrogen (secondary N) is 1. The zero-order valence-electron chi connectivity index (χ0n) is 16.3. The number of aromatic nitrogens is 2. The molecule has 5 heteroatoms. The molecule has 1 aromatic carbocycles. The van der Waals surface area contributed by atoms with Crippen molar-refractivity contribution in [3.63, 3.8) is 0 Å². The summed E-state index contributed by atoms with van der Waals surface area (Å²) in [5.41, 5.74) is 2.37. The van der Waals surface area contributed by atoms with Gasteiger partial charge in [0.2, 0.25) is 5.91 Å². The standard InChI is InChI=1S/C24H24ClN3O/c25-19-6-7-20-26-21(18-4-2-1-3-5-18)22(28(20)14-19)27-23(29)24-11-15-8-16(12-24)10-17(9-15)13-24/h1-7,14-17H,8-13H2,(H,27,29). The molecule has 1 amide bonds. The van der Waals surface area contributed by atoms with Crippen LogP contribution in [-0.2, 0) is 4.79 Å². The van der Waals surface area contributed by atoms with Crippen LogP contribution in [0.15, 0.2) is 48.7 Å². The third-order valence-corrected chi connectivity index (χ3v) is 7.61. The second-order valence-corrected chi connectivity index (χ2v) is 9.84. The number of nitrogens with zero attached hydrogens (tertiary/aromatic N) is 2. The molecule has 0 aliphatic heterocycles. The molecule has 4 aliphatic carbocycles. The van der Waals surface area contributed by atoms with Crippen LogP contribution in [0, 0.1) is 23.2 Å². The Morgan fingerprint density at radius 2 is 1.66 bits per heavy atom. The molecular weight excluding hydrogens is 382 g/mol. The van der Waals surface area contributed by atoms with Crippen molar-refractivity contribution in [2.24, 2.45) is 23.2 Å². The Morgan fingerprint density at radius 3 is 2.31 bits per heavy atom. The lowest BCUT2D eigenvalue weighted by atomic mass is 9.49. The highest BCUT2D eigenvalue weighted by Gasteiger charge is 2.54. The van der Waals surface area contributed by atoms with E-state index in [1.807, 2.05) is 53.1 Å². The third kappa shape index (κ3) is 2.80. The number of halogens is 1. The van der Waals surface area contributed by atoms with Crippen molar-refractivity contribution in [1.29, 1.82) is 0 Å². The van der Waals surface area contributed by atoms with Crippen LogP contribution in [0.3, 0.4) is 0 Å². The zero-order chi connectivity index (χ0) is 19.6. The summed E-state index contributed by atoms with van der Waals surface area (Å²) >= 11 is 6.28. The van der Waals surface area contributed by atoms with Crippen LogP contribution in [-0.4, -0.2) is 15.3 Å². The van der Waals surface area contributed by atoms with Gasteiger partial charge in [-0.2, -0.15) is 0 Å². The molecule has 2 heterocycles. The van der Waals surface area contributed by atoms with E-state index < -0.39 is 0 Å². The molecule has 3 aromatic rings. The molecule has 4 saturated carbocycles. The maximum absolute atomic E-state index is 13.7. The number of pyridine rings is 1. The van der Waals surface area contributed by atoms with Gasteiger partial charge in [-0.05, 0) is 68.4 Å². The van der Waals surface area contributed by atoms with E-state index in [2.05, 4.69) is 5.32 Å². The molecule has 0 saturated heterocycles. The summed E-state index contributed by atoms with van der Waals surface area (Å²) in [6.07, 6.45) is 8.95. The zero-order valence-corrected chi connectivity index (χ0v) is 17.0. The first-order valence-electron chi connectivity index (χ1n) is 10.6. The summed E-state index contributed by atoms with van der Waals surface area (Å²) in [6.45, 7) is 0. The Balaban J connectivity index is 1.43. The molecule has 4 bridgehead atoms. The maximum Gasteiger partial charge on any atom is 0.231 e. The summed E-state index contributed by atoms with van der Waals surface area (Å²) in [5.74, 6) is 3.11. The highest BCUT2D eigenvalue weighted by atomic mass is 35.5. The quantitative estimate of drug-likeness (QED) is 0.597. The van der Waals surface area contributed by atoms with Crippen LogP contribution in [0.25, 0.3) is 16.9 Å². The van der Waals surface area contributed by atoms with Crippen molar-refractivity contribution >= 4 is 29.0 Å². The molecular formula is C24H24ClN3O. The van der Waals surface area contributed by atoms with Crippen molar-refractivity contribution in [3.8, 4) is 11.3 Å². The summed E-state index contributed by atoms with van der Waals surface area (Å²) in [7, 11) is 0. The van der Waals surface area contributed by atoms with Gasteiger partial charge in [-0.1, -0.05) is 41.9 Å². The predicted molar refractivity (Wildman–Crippen MR) is 115 cm³/mol. The van der Waals surface area contributed by atoms with Crippen molar-refractivity contribution in [1.82, 2.24) is 9.38 Å². The number of hydrogen-bond acceptors (Lipinski definition) is 2. The Labute approximate surface area is 175 Å². The summed E-state index contributed by atoms with van der Waals surface area (Å²) in [4.78, 5) is 18.5. The SMILES string of the molecule is O=C(Nc1c(-c2ccccc2)nc2ccc(Cl)cn12)C12CC3CC(CC(C3)C1)C2. The minimum Gasteiger partial charge on any atom is -0.309 e. The van der Waals surface area contributed by atoms with Gasteiger partial charge in [0.25, 0.3) is 0 Å². The smallest absolute Gasteiger partial charge is 0.231 e. The van der Waals surface area contributed by atoms with Crippen molar-refractivity contribution in [2.75, 3.05) is 5.32 Å². The summed E-state index contributed by atoms with van der Waals surface area (Å²) in [6, 6.07) is 13.8. The minimum atomic E-state index is -0.203. The normalized spacial score (nSPS) is 30.0. The second kappa shape index (κ2) is 6.33. The van der Waals surface area contributed by atoms with Crippen LogP contribution in [0.5, 0.6) is 0 Å². The molecule has 4 fully saturated rings. The van der Waals surface area contributed by atoms with E-state index in [4.69, 9.17) is 16.6 Å². The molecule has 0 spiro atoms. The topological polar surface area (TPSA) is 46.4 Å². The molecule has 1 N–H and O–H groups in total. The monoisotopic (exact) mass is 405 g/mol. The Bertz CT molecular complexity index is 1070. The van der Waals surface area contributed by atoms with Gasteiger partial charge in [-0.15, -0.1) is 0 Å². The van der Waals surface area contributed by atoms with Gasteiger partial charge >= 0.3 is 0 Å². The molecule has 4 nitrogen and oxygen atoms in total. The van der Waals surface area contributed by atoms with Gasteiger partial charge in [-0.25, -0.2) is 4.98 Å². The number of fused-ring (bicyclic) bond motifs is 1. The van der Waals surface area contributed by atoms with Gasteiger partial charge in [0, 0.05) is 11.8 Å². The minimum absolute atomic E-state index is 0.176. The number of carbonyl (C=O) groups is 1. The molecule has 7 rings (SSSR count). The first-order valence-corrected chi connectivity index (χ1v) is 11.0. The number of imidazole rings is 1. The van der Waals surface area contributed by atoms with Crippen molar-refractivity contribution in [2.45, 2.75) is 38.5 Å². The lowest BCUT2D eigenvalue weighted by molar-refractivity contribution is -0.140. The number of anilines is 1. The molecule has 0 radical (unpaired) electrons. The Morgan fingerprint density at radius 1 is 1.00 bits per heavy atom. The van der Waals surface area contributed by atoms with E-state index >= 15 is 0 Å². The second-order valence-electron chi connectivity index (χ2n) is 9.40. The fourth-order valence-electron chi connectivity index (χ4n) is 6.56. The number of amides is 1. The number of benzene rings is 1. The van der Waals surface area contributed by atoms with Crippen LogP contribution in [0.2, 0.25) is 5.02 Å². The highest BCUT2D eigenvalue weighted by Crippen LogP contribution is 2.60. The van der Waals surface area contributed by atoms with Gasteiger partial charge < -0.3 is 5.32 Å². The summed E-state index contributed by atoms with van der Waals surface area (Å²) in [5, 5.41) is 3.94. The molecule has 148 valence electrons. The van der Waals surface area contributed by atoms with E-state index in [1.165, 1.54) is 19.3 Å². The molecule has 4 aliphatic rings. The van der Waals surface area contributed by atoms with Crippen molar-refractivity contribution < 1.29 is 4.79 Å². The highest BCUT2D eigenvalue weighted by molar-refractivity contribution is 6.30. The predicted octanol–water partition coefficient (Wildman–Crippen LogP) is 5.81. The molecule has 29 heavy (non-hydrogen) atoms. The number of carbonyl (C=O) groups excluding carboxylic acids is 1. The van der Waals surface area contributed by atoms with E-state index in [9.17, 15) is 4.79 Å². The molecule has 2 aromatic heterocycles. The Hall–Kier alpha value is -2.33. The summed E-state index contributed by atoms with van der Waals surface area (Å²) < 4.78 is 1.92. The van der Waals surface area contributed by atoms with Gasteiger partial charge in [0.05, 0.1) is 10.4 Å². The lowest BCUT2D eigenvalue weighted by Crippen LogP contribution is -2.51. The number of hydrogen-bond donors (Lipinski definition) is 1. The van der Waals surface area contributed by atoms with Crippen molar-refractivity contribution in [3.05, 3.63) is 53.7 Å². The van der Waals surface area contributed by atoms with Gasteiger partial charge in [-0.3, -0.25) is 9.20 Å². The largest absolute Gasteiger partial charge is 0.309 e. The lowest BCUT2D eigenvalue weighted by Gasteiger charge is -2.55. The first-order chi connectivity index (χ1) is 14.1. The Kier molecular flexibility index (Phi) is 3.83. The van der Waals surface area contributed by atoms with Crippen LogP contribution in [0.1, 0.15) is 38.5 Å². The third-order valence-electron chi connectivity index (χ3n) is 7.38. The maximum atomic E-state index is 13.7. The van der Waals surface area contributed by atoms with E-state index in [-0.39, 0.29) is 11.3 Å². The average molecular weight is 406 g/mol. The van der Waals surface area contributed by atoms with Gasteiger partial charge in [0.1, 0.15) is 17.2 Å². The first kappa shape index (κ1) is 17.5. The van der Waals surface area contributed by atoms with Crippen LogP contribution in [0.4, 0.5) is 5.82 Å². The van der Waals surface area contributed by atoms with E-state index in [0.717, 1.165) is 59.7 Å². The molecule has 0 unspecified atom stereocenters. The number of rotatable bonds is 3. The average Bonchev–Trinajstić information content (AvgIpc) is 3.05. The molecule has 0 atom stereocenters. The van der Waals surface area contributed by atoms with Crippen LogP contribution < -0.4 is 5.32 Å².